The van der Waals surface area contributed by atoms with Gasteiger partial charge in [0.1, 0.15) is 0 Å². The minimum Gasteiger partial charge on any atom is -0.350 e. The van der Waals surface area contributed by atoms with Gasteiger partial charge in [0, 0.05) is 0 Å². The molecule has 0 aliphatic carbocycles. The first-order valence-corrected chi connectivity index (χ1v) is 4.59. The molecule has 2 N–H and O–H groups in total. The molecule has 0 rings (SSSR count). The summed E-state index contributed by atoms with van der Waals surface area (Å²) >= 11 is 0. The van der Waals surface area contributed by atoms with Crippen LogP contribution >= 0.6 is 0 Å². The van der Waals surface area contributed by atoms with Crippen LogP contribution in [0.15, 0.2) is 0 Å². The van der Waals surface area contributed by atoms with Gasteiger partial charge in [-0.3, -0.25) is 0 Å². The molecule has 1 atom stereocenters. The van der Waals surface area contributed by atoms with Crippen molar-refractivity contribution in [3.05, 3.63) is 0 Å². The first-order chi connectivity index (χ1) is 9.50. The maximum Gasteiger partial charge on any atom is 0.460 e. The van der Waals surface area contributed by atoms with Crippen LogP contribution in [0.2, 0.25) is 0 Å². The summed E-state index contributed by atoms with van der Waals surface area (Å²) in [5, 5.41) is 15.2. The van der Waals surface area contributed by atoms with E-state index in [2.05, 4.69) is 0 Å². The summed E-state index contributed by atoms with van der Waals surface area (Å²) in [6.45, 7) is 0. The SMILES string of the molecule is OC(F)(F)C(O)(F)C(F)(F)C(F)(F)C(F)(F)C(F)(F)C(F)(F)F. The fourth-order valence-corrected chi connectivity index (χ4v) is 0.969. The lowest BCUT2D eigenvalue weighted by Crippen LogP contribution is -2.73. The molecule has 23 heavy (non-hydrogen) atoms. The monoisotopic (exact) mass is 384 g/mol. The highest BCUT2D eigenvalue weighted by molar-refractivity contribution is 5.11. The topological polar surface area (TPSA) is 40.5 Å². The third-order valence-corrected chi connectivity index (χ3v) is 2.35. The van der Waals surface area contributed by atoms with Gasteiger partial charge in [0.2, 0.25) is 0 Å². The lowest BCUT2D eigenvalue weighted by Gasteiger charge is -2.41. The number of halogens is 14. The third-order valence-electron chi connectivity index (χ3n) is 2.35. The Hall–Kier alpha value is -1.06. The van der Waals surface area contributed by atoms with E-state index in [0.29, 0.717) is 0 Å². The van der Waals surface area contributed by atoms with E-state index in [1.807, 2.05) is 0 Å². The minimum atomic E-state index is -8.23. The largest absolute Gasteiger partial charge is 0.460 e. The van der Waals surface area contributed by atoms with Gasteiger partial charge in [0.15, 0.2) is 0 Å². The van der Waals surface area contributed by atoms with Crippen LogP contribution in [-0.2, 0) is 0 Å². The second-order valence-electron chi connectivity index (χ2n) is 3.96. The van der Waals surface area contributed by atoms with E-state index in [1.54, 1.807) is 0 Å². The molecule has 0 saturated carbocycles. The van der Waals surface area contributed by atoms with Crippen LogP contribution in [0.5, 0.6) is 0 Å². The number of alkyl halides is 14. The molecule has 0 aromatic carbocycles. The number of aliphatic hydroxyl groups is 2. The lowest BCUT2D eigenvalue weighted by molar-refractivity contribution is -0.481. The summed E-state index contributed by atoms with van der Waals surface area (Å²) in [6, 6.07) is 0. The van der Waals surface area contributed by atoms with Crippen LogP contribution in [0.3, 0.4) is 0 Å². The van der Waals surface area contributed by atoms with Crippen molar-refractivity contribution in [2.75, 3.05) is 0 Å². The van der Waals surface area contributed by atoms with Gasteiger partial charge >= 0.3 is 41.8 Å². The number of hydrogen-bond acceptors (Lipinski definition) is 2. The van der Waals surface area contributed by atoms with Crippen molar-refractivity contribution in [3.8, 4) is 0 Å². The fraction of sp³-hybridized carbons (Fsp3) is 1.00. The molecule has 0 aliphatic heterocycles. The maximum absolute atomic E-state index is 12.7. The molecule has 0 aliphatic rings. The highest BCUT2D eigenvalue weighted by Crippen LogP contribution is 2.60. The molecule has 16 heteroatoms. The molecular formula is C7H2F14O2. The van der Waals surface area contributed by atoms with E-state index in [4.69, 9.17) is 10.2 Å². The molecule has 0 aromatic rings. The maximum atomic E-state index is 12.7. The molecule has 0 heterocycles. The molecule has 0 spiro atoms. The predicted octanol–water partition coefficient (Wildman–Crippen LogP) is 3.33. The number of hydrogen-bond donors (Lipinski definition) is 2. The van der Waals surface area contributed by atoms with Crippen molar-refractivity contribution >= 4 is 0 Å². The highest BCUT2D eigenvalue weighted by atomic mass is 19.4. The van der Waals surface area contributed by atoms with Gasteiger partial charge in [-0.05, 0) is 0 Å². The Morgan fingerprint density at radius 3 is 0.870 bits per heavy atom. The molecule has 0 bridgehead atoms. The summed E-state index contributed by atoms with van der Waals surface area (Å²) in [7, 11) is 0. The molecule has 0 aromatic heterocycles. The van der Waals surface area contributed by atoms with Gasteiger partial charge in [0.25, 0.3) is 0 Å². The van der Waals surface area contributed by atoms with Crippen molar-refractivity contribution < 1.29 is 71.7 Å². The minimum absolute atomic E-state index is 6.94. The average Bonchev–Trinajstić information content (AvgIpc) is 2.24. The first-order valence-electron chi connectivity index (χ1n) is 4.59. The van der Waals surface area contributed by atoms with Crippen molar-refractivity contribution in [2.45, 2.75) is 41.8 Å². The average molecular weight is 384 g/mol. The first kappa shape index (κ1) is 21.9. The summed E-state index contributed by atoms with van der Waals surface area (Å²) in [5.41, 5.74) is 0. The Balaban J connectivity index is 6.37. The molecule has 0 amide bonds. The second-order valence-corrected chi connectivity index (χ2v) is 3.96. The molecule has 0 fully saturated rings. The van der Waals surface area contributed by atoms with Crippen molar-refractivity contribution in [2.24, 2.45) is 0 Å². The van der Waals surface area contributed by atoms with E-state index >= 15 is 0 Å². The van der Waals surface area contributed by atoms with Crippen molar-refractivity contribution in [3.63, 3.8) is 0 Å². The van der Waals surface area contributed by atoms with Crippen LogP contribution < -0.4 is 0 Å². The Kier molecular flexibility index (Phi) is 4.74. The van der Waals surface area contributed by atoms with Gasteiger partial charge in [-0.2, -0.15) is 61.5 Å². The molecule has 0 radical (unpaired) electrons. The fourth-order valence-electron chi connectivity index (χ4n) is 0.969. The van der Waals surface area contributed by atoms with Gasteiger partial charge in [-0.15, -0.1) is 0 Å². The molecule has 1 unspecified atom stereocenters. The molecule has 140 valence electrons. The lowest BCUT2D eigenvalue weighted by atomic mass is 9.93. The van der Waals surface area contributed by atoms with Crippen LogP contribution in [0.4, 0.5) is 61.5 Å². The normalized spacial score (nSPS) is 18.8. The van der Waals surface area contributed by atoms with E-state index in [1.165, 1.54) is 0 Å². The Morgan fingerprint density at radius 1 is 0.391 bits per heavy atom. The summed E-state index contributed by atoms with van der Waals surface area (Å²) < 4.78 is 172. The smallest absolute Gasteiger partial charge is 0.350 e. The van der Waals surface area contributed by atoms with Gasteiger partial charge < -0.3 is 10.2 Å². The summed E-state index contributed by atoms with van der Waals surface area (Å²) in [5.74, 6) is -39.7. The van der Waals surface area contributed by atoms with Crippen molar-refractivity contribution in [1.82, 2.24) is 0 Å². The molecular weight excluding hydrogens is 382 g/mol. The van der Waals surface area contributed by atoms with Crippen LogP contribution in [-0.4, -0.2) is 52.0 Å². The van der Waals surface area contributed by atoms with Gasteiger partial charge in [-0.25, -0.2) is 0 Å². The highest BCUT2D eigenvalue weighted by Gasteiger charge is 2.92. The second kappa shape index (κ2) is 4.97. The third kappa shape index (κ3) is 2.68. The zero-order valence-corrected chi connectivity index (χ0v) is 9.69. The van der Waals surface area contributed by atoms with Crippen molar-refractivity contribution in [1.29, 1.82) is 0 Å². The Morgan fingerprint density at radius 2 is 0.652 bits per heavy atom. The van der Waals surface area contributed by atoms with Gasteiger partial charge in [-0.1, -0.05) is 0 Å². The van der Waals surface area contributed by atoms with E-state index < -0.39 is 41.8 Å². The molecule has 0 saturated heterocycles. The van der Waals surface area contributed by atoms with Crippen LogP contribution in [0.1, 0.15) is 0 Å². The van der Waals surface area contributed by atoms with E-state index in [-0.39, 0.29) is 0 Å². The van der Waals surface area contributed by atoms with E-state index in [9.17, 15) is 61.5 Å². The zero-order chi connectivity index (χ0) is 19.5. The summed E-state index contributed by atoms with van der Waals surface area (Å²) in [6.07, 6.45) is -14.5. The Labute approximate surface area is 115 Å². The van der Waals surface area contributed by atoms with Gasteiger partial charge in [0.05, 0.1) is 0 Å². The quantitative estimate of drug-likeness (QED) is 0.715. The van der Waals surface area contributed by atoms with Crippen LogP contribution in [0, 0.1) is 0 Å². The standard InChI is InChI=1S/C7H2F14O2/c8-1(9,2(10,11)4(14,15)6(17,18)19)3(12,13)5(16,22)7(20,21)23/h22-23H. The van der Waals surface area contributed by atoms with E-state index in [0.717, 1.165) is 0 Å². The zero-order valence-electron chi connectivity index (χ0n) is 9.69. The summed E-state index contributed by atoms with van der Waals surface area (Å²) in [4.78, 5) is 0. The predicted molar refractivity (Wildman–Crippen MR) is 39.1 cm³/mol. The number of rotatable bonds is 5. The Bertz CT molecular complexity index is 403. The molecule has 2 nitrogen and oxygen atoms in total. The van der Waals surface area contributed by atoms with Crippen LogP contribution in [0.25, 0.3) is 0 Å².